The van der Waals surface area contributed by atoms with Gasteiger partial charge in [0.15, 0.2) is 11.5 Å². The Labute approximate surface area is 140 Å². The first kappa shape index (κ1) is 15.9. The topological polar surface area (TPSA) is 67.9 Å². The fourth-order valence-electron chi connectivity index (χ4n) is 2.69. The summed E-state index contributed by atoms with van der Waals surface area (Å²) in [6.07, 6.45) is 0. The Bertz CT molecular complexity index is 774. The number of hydrogen-bond donors (Lipinski definition) is 1. The molecule has 124 valence electrons. The smallest absolute Gasteiger partial charge is 0.253 e. The maximum absolute atomic E-state index is 12.5. The zero-order chi connectivity index (χ0) is 17.1. The maximum atomic E-state index is 12.5. The maximum Gasteiger partial charge on any atom is 0.253 e. The molecular weight excluding hydrogens is 308 g/mol. The molecule has 0 aliphatic carbocycles. The highest BCUT2D eigenvalue weighted by atomic mass is 16.5. The van der Waals surface area contributed by atoms with E-state index in [0.717, 1.165) is 5.56 Å². The third-order valence-corrected chi connectivity index (χ3v) is 3.92. The molecule has 1 N–H and O–H groups in total. The molecule has 2 aromatic carbocycles. The number of anilines is 1. The van der Waals surface area contributed by atoms with Crippen LogP contribution in [0.2, 0.25) is 0 Å². The van der Waals surface area contributed by atoms with Crippen molar-refractivity contribution >= 4 is 17.5 Å². The molecule has 2 amide bonds. The number of nitrogens with zero attached hydrogens (tertiary/aromatic N) is 1. The Hall–Kier alpha value is -3.02. The molecule has 0 radical (unpaired) electrons. The van der Waals surface area contributed by atoms with Crippen LogP contribution in [0.15, 0.2) is 42.5 Å². The Balaban J connectivity index is 2.10. The van der Waals surface area contributed by atoms with Crippen molar-refractivity contribution < 1.29 is 19.1 Å². The second kappa shape index (κ2) is 6.62. The van der Waals surface area contributed by atoms with Crippen LogP contribution < -0.4 is 19.7 Å². The van der Waals surface area contributed by atoms with E-state index in [1.807, 2.05) is 30.3 Å². The molecule has 6 heteroatoms. The van der Waals surface area contributed by atoms with Crippen molar-refractivity contribution in [1.29, 1.82) is 0 Å². The van der Waals surface area contributed by atoms with E-state index in [0.29, 0.717) is 29.3 Å². The van der Waals surface area contributed by atoms with E-state index in [-0.39, 0.29) is 18.4 Å². The van der Waals surface area contributed by atoms with E-state index < -0.39 is 0 Å². The fraction of sp³-hybridized carbons (Fsp3) is 0.222. The lowest BCUT2D eigenvalue weighted by atomic mass is 10.1. The highest BCUT2D eigenvalue weighted by molar-refractivity contribution is 6.10. The van der Waals surface area contributed by atoms with Crippen LogP contribution in [0.1, 0.15) is 15.9 Å². The standard InChI is InChI=1S/C18H18N2O4/c1-23-15-8-13-14(9-16(15)24-2)20(17(21)10-19-18(13)22)11-12-6-4-3-5-7-12/h3-9H,10-11H2,1-2H3,(H,19,22). The number of amides is 2. The molecule has 24 heavy (non-hydrogen) atoms. The number of ether oxygens (including phenoxy) is 2. The van der Waals surface area contributed by atoms with Crippen LogP contribution in [0.5, 0.6) is 11.5 Å². The first-order valence-corrected chi connectivity index (χ1v) is 7.52. The van der Waals surface area contributed by atoms with Crippen LogP contribution in [0, 0.1) is 0 Å². The van der Waals surface area contributed by atoms with Gasteiger partial charge in [-0.15, -0.1) is 0 Å². The first-order chi connectivity index (χ1) is 11.6. The molecule has 2 aromatic rings. The number of carbonyl (C=O) groups excluding carboxylic acids is 2. The summed E-state index contributed by atoms with van der Waals surface area (Å²) in [5, 5.41) is 2.63. The fourth-order valence-corrected chi connectivity index (χ4v) is 2.69. The van der Waals surface area contributed by atoms with E-state index in [4.69, 9.17) is 9.47 Å². The summed E-state index contributed by atoms with van der Waals surface area (Å²) in [6, 6.07) is 12.9. The molecule has 0 saturated heterocycles. The summed E-state index contributed by atoms with van der Waals surface area (Å²) >= 11 is 0. The minimum absolute atomic E-state index is 0.0506. The summed E-state index contributed by atoms with van der Waals surface area (Å²) in [5.41, 5.74) is 1.87. The predicted octanol–water partition coefficient (Wildman–Crippen LogP) is 1.98. The number of rotatable bonds is 4. The van der Waals surface area contributed by atoms with E-state index in [1.165, 1.54) is 14.2 Å². The minimum Gasteiger partial charge on any atom is -0.493 e. The molecule has 0 atom stereocenters. The molecule has 0 bridgehead atoms. The molecule has 0 saturated carbocycles. The van der Waals surface area contributed by atoms with Gasteiger partial charge >= 0.3 is 0 Å². The molecule has 0 spiro atoms. The van der Waals surface area contributed by atoms with Gasteiger partial charge in [0.25, 0.3) is 5.91 Å². The summed E-state index contributed by atoms with van der Waals surface area (Å²) < 4.78 is 10.6. The van der Waals surface area contributed by atoms with E-state index in [1.54, 1.807) is 17.0 Å². The highest BCUT2D eigenvalue weighted by Gasteiger charge is 2.28. The number of methoxy groups -OCH3 is 2. The molecule has 0 aromatic heterocycles. The van der Waals surface area contributed by atoms with Gasteiger partial charge in [-0.1, -0.05) is 30.3 Å². The number of fused-ring (bicyclic) bond motifs is 1. The average Bonchev–Trinajstić information content (AvgIpc) is 2.73. The van der Waals surface area contributed by atoms with Gasteiger partial charge in [-0.3, -0.25) is 9.59 Å². The number of carbonyl (C=O) groups is 2. The van der Waals surface area contributed by atoms with Crippen LogP contribution in [-0.4, -0.2) is 32.6 Å². The van der Waals surface area contributed by atoms with Crippen molar-refractivity contribution in [2.24, 2.45) is 0 Å². The summed E-state index contributed by atoms with van der Waals surface area (Å²) in [6.45, 7) is 0.322. The first-order valence-electron chi connectivity index (χ1n) is 7.52. The van der Waals surface area contributed by atoms with Crippen molar-refractivity contribution in [3.8, 4) is 11.5 Å². The molecule has 6 nitrogen and oxygen atoms in total. The predicted molar refractivity (Wildman–Crippen MR) is 89.5 cm³/mol. The molecule has 1 aliphatic rings. The second-order valence-corrected chi connectivity index (χ2v) is 5.37. The minimum atomic E-state index is -0.310. The van der Waals surface area contributed by atoms with Crippen molar-refractivity contribution in [2.75, 3.05) is 25.7 Å². The molecular formula is C18H18N2O4. The lowest BCUT2D eigenvalue weighted by Gasteiger charge is -2.23. The van der Waals surface area contributed by atoms with Crippen LogP contribution in [0.25, 0.3) is 0 Å². The van der Waals surface area contributed by atoms with Crippen LogP contribution in [0.3, 0.4) is 0 Å². The molecule has 0 unspecified atom stereocenters. The van der Waals surface area contributed by atoms with Crippen LogP contribution in [-0.2, 0) is 11.3 Å². The largest absolute Gasteiger partial charge is 0.493 e. The van der Waals surface area contributed by atoms with Gasteiger partial charge in [-0.2, -0.15) is 0 Å². The Morgan fingerprint density at radius 1 is 1.04 bits per heavy atom. The summed E-state index contributed by atoms with van der Waals surface area (Å²) in [4.78, 5) is 26.4. The molecule has 1 aliphatic heterocycles. The lowest BCUT2D eigenvalue weighted by molar-refractivity contribution is -0.117. The zero-order valence-corrected chi connectivity index (χ0v) is 13.5. The quantitative estimate of drug-likeness (QED) is 0.933. The Morgan fingerprint density at radius 2 is 1.71 bits per heavy atom. The molecule has 3 rings (SSSR count). The summed E-state index contributed by atoms with van der Waals surface area (Å²) in [5.74, 6) is 0.422. The Morgan fingerprint density at radius 3 is 2.38 bits per heavy atom. The zero-order valence-electron chi connectivity index (χ0n) is 13.5. The molecule has 1 heterocycles. The van der Waals surface area contributed by atoms with Gasteiger partial charge in [0.05, 0.1) is 38.6 Å². The van der Waals surface area contributed by atoms with Crippen molar-refractivity contribution in [1.82, 2.24) is 5.32 Å². The van der Waals surface area contributed by atoms with E-state index in [2.05, 4.69) is 5.32 Å². The van der Waals surface area contributed by atoms with Gasteiger partial charge in [0.2, 0.25) is 5.91 Å². The van der Waals surface area contributed by atoms with Gasteiger partial charge < -0.3 is 19.7 Å². The molecule has 0 fully saturated rings. The van der Waals surface area contributed by atoms with Gasteiger partial charge in [0.1, 0.15) is 0 Å². The monoisotopic (exact) mass is 326 g/mol. The number of benzene rings is 2. The SMILES string of the molecule is COc1cc2c(cc1OC)N(Cc1ccccc1)C(=O)CNC2=O. The normalized spacial score (nSPS) is 13.8. The second-order valence-electron chi connectivity index (χ2n) is 5.37. The van der Waals surface area contributed by atoms with Gasteiger partial charge in [-0.05, 0) is 11.6 Å². The lowest BCUT2D eigenvalue weighted by Crippen LogP contribution is -2.36. The van der Waals surface area contributed by atoms with Crippen LogP contribution in [0.4, 0.5) is 5.69 Å². The van der Waals surface area contributed by atoms with Gasteiger partial charge in [-0.25, -0.2) is 0 Å². The third kappa shape index (κ3) is 2.90. The van der Waals surface area contributed by atoms with Gasteiger partial charge in [0, 0.05) is 6.07 Å². The van der Waals surface area contributed by atoms with Crippen molar-refractivity contribution in [2.45, 2.75) is 6.54 Å². The van der Waals surface area contributed by atoms with E-state index >= 15 is 0 Å². The third-order valence-electron chi connectivity index (χ3n) is 3.92. The van der Waals surface area contributed by atoms with Crippen molar-refractivity contribution in [3.05, 3.63) is 53.6 Å². The van der Waals surface area contributed by atoms with Crippen LogP contribution >= 0.6 is 0 Å². The summed E-state index contributed by atoms with van der Waals surface area (Å²) in [7, 11) is 3.02. The van der Waals surface area contributed by atoms with E-state index in [9.17, 15) is 9.59 Å². The Kier molecular flexibility index (Phi) is 4.37. The average molecular weight is 326 g/mol. The highest BCUT2D eigenvalue weighted by Crippen LogP contribution is 2.36. The van der Waals surface area contributed by atoms with Crippen molar-refractivity contribution in [3.63, 3.8) is 0 Å². The number of nitrogens with one attached hydrogen (secondary N) is 1. The number of hydrogen-bond acceptors (Lipinski definition) is 4.